The average molecular weight is 500 g/mol. The van der Waals surface area contributed by atoms with Crippen LogP contribution in [0.3, 0.4) is 0 Å². The van der Waals surface area contributed by atoms with E-state index in [9.17, 15) is 5.11 Å². The molecule has 35 heavy (non-hydrogen) atoms. The van der Waals surface area contributed by atoms with Gasteiger partial charge in [0.15, 0.2) is 5.82 Å². The molecule has 1 aliphatic heterocycles. The van der Waals surface area contributed by atoms with Gasteiger partial charge >= 0.3 is 0 Å². The third-order valence-electron chi connectivity index (χ3n) is 6.26. The molecule has 2 atom stereocenters. The summed E-state index contributed by atoms with van der Waals surface area (Å²) in [5, 5.41) is 18.9. The summed E-state index contributed by atoms with van der Waals surface area (Å²) in [7, 11) is 1.61. The summed E-state index contributed by atoms with van der Waals surface area (Å²) >= 11 is 6.44. The number of aliphatic hydroxyl groups is 1. The van der Waals surface area contributed by atoms with E-state index >= 15 is 4.39 Å². The molecule has 0 aliphatic carbocycles. The van der Waals surface area contributed by atoms with Gasteiger partial charge in [-0.2, -0.15) is 5.10 Å². The third-order valence-corrected chi connectivity index (χ3v) is 6.54. The van der Waals surface area contributed by atoms with Crippen LogP contribution in [0.4, 0.5) is 10.3 Å². The van der Waals surface area contributed by atoms with Crippen LogP contribution in [0.5, 0.6) is 0 Å². The third kappa shape index (κ3) is 4.26. The topological polar surface area (TPSA) is 103 Å². The van der Waals surface area contributed by atoms with Gasteiger partial charge in [-0.1, -0.05) is 11.6 Å². The van der Waals surface area contributed by atoms with Crippen molar-refractivity contribution in [2.45, 2.75) is 58.5 Å². The van der Waals surface area contributed by atoms with E-state index in [0.29, 0.717) is 58.5 Å². The lowest BCUT2D eigenvalue weighted by molar-refractivity contribution is 0.120. The fourth-order valence-electron chi connectivity index (χ4n) is 4.76. The Morgan fingerprint density at radius 2 is 2.09 bits per heavy atom. The molecule has 0 radical (unpaired) electrons. The number of hydrogen-bond acceptors (Lipinski definition) is 7. The van der Waals surface area contributed by atoms with Crippen molar-refractivity contribution in [2.75, 3.05) is 12.4 Å². The standard InChI is InChI=1S/C24H27ClFN7O2/c1-12(2)33-13(3)28-22-17(26)7-14(8-19(22)33)21-16(25)10-27-24(30-21)29-18-5-6-32-20(23(18)34)9-15(31-32)11-35-4/h7-10,12,18,23,34H,5-6,11H2,1-4H3,(H,27,29,30)/t18-,23-/m0/s1. The van der Waals surface area contributed by atoms with Crippen LogP contribution in [0, 0.1) is 12.7 Å². The number of rotatable bonds is 6. The van der Waals surface area contributed by atoms with Gasteiger partial charge in [0, 0.05) is 25.3 Å². The average Bonchev–Trinajstić information content (AvgIpc) is 3.38. The second kappa shape index (κ2) is 9.18. The molecule has 9 nitrogen and oxygen atoms in total. The zero-order valence-corrected chi connectivity index (χ0v) is 20.7. The predicted octanol–water partition coefficient (Wildman–Crippen LogP) is 4.44. The number of methoxy groups -OCH3 is 1. The van der Waals surface area contributed by atoms with Crippen LogP contribution in [0.1, 0.15) is 49.6 Å². The van der Waals surface area contributed by atoms with Crippen molar-refractivity contribution in [1.29, 1.82) is 0 Å². The molecule has 0 fully saturated rings. The fraction of sp³-hybridized carbons (Fsp3) is 0.417. The second-order valence-corrected chi connectivity index (χ2v) is 9.45. The highest BCUT2D eigenvalue weighted by atomic mass is 35.5. The first kappa shape index (κ1) is 23.7. The maximum Gasteiger partial charge on any atom is 0.223 e. The molecule has 1 aliphatic rings. The summed E-state index contributed by atoms with van der Waals surface area (Å²) in [6, 6.07) is 4.87. The highest BCUT2D eigenvalue weighted by Crippen LogP contribution is 2.33. The maximum atomic E-state index is 15.0. The van der Waals surface area contributed by atoms with Crippen LogP contribution in [0.15, 0.2) is 24.4 Å². The van der Waals surface area contributed by atoms with E-state index in [0.717, 1.165) is 11.5 Å². The highest BCUT2D eigenvalue weighted by molar-refractivity contribution is 6.33. The summed E-state index contributed by atoms with van der Waals surface area (Å²) in [4.78, 5) is 13.3. The Kier molecular flexibility index (Phi) is 6.20. The molecule has 0 saturated heterocycles. The number of hydrogen-bond donors (Lipinski definition) is 2. The SMILES string of the molecule is COCc1cc2n(n1)CC[C@H](Nc1ncc(Cl)c(-c3cc(F)c4nc(C)n(C(C)C)c4c3)n1)[C@@H]2O. The molecule has 0 bridgehead atoms. The first-order valence-corrected chi connectivity index (χ1v) is 11.9. The van der Waals surface area contributed by atoms with Gasteiger partial charge in [0.1, 0.15) is 17.4 Å². The normalized spacial score (nSPS) is 17.8. The Bertz CT molecular complexity index is 1400. The van der Waals surface area contributed by atoms with E-state index in [-0.39, 0.29) is 12.1 Å². The number of fused-ring (bicyclic) bond motifs is 2. The largest absolute Gasteiger partial charge is 0.385 e. The van der Waals surface area contributed by atoms with E-state index in [4.69, 9.17) is 16.3 Å². The van der Waals surface area contributed by atoms with Crippen molar-refractivity contribution < 1.29 is 14.2 Å². The molecule has 1 aromatic carbocycles. The van der Waals surface area contributed by atoms with Gasteiger partial charge in [0.2, 0.25) is 5.95 Å². The smallest absolute Gasteiger partial charge is 0.223 e. The number of anilines is 1. The Morgan fingerprint density at radius 1 is 1.29 bits per heavy atom. The predicted molar refractivity (Wildman–Crippen MR) is 131 cm³/mol. The number of aryl methyl sites for hydroxylation is 2. The Labute approximate surface area is 206 Å². The van der Waals surface area contributed by atoms with E-state index < -0.39 is 11.9 Å². The molecule has 0 amide bonds. The van der Waals surface area contributed by atoms with E-state index in [1.54, 1.807) is 11.8 Å². The molecule has 3 aromatic heterocycles. The number of imidazole rings is 1. The van der Waals surface area contributed by atoms with Crippen molar-refractivity contribution in [3.8, 4) is 11.3 Å². The van der Waals surface area contributed by atoms with Crippen LogP contribution < -0.4 is 5.32 Å². The van der Waals surface area contributed by atoms with Crippen molar-refractivity contribution in [1.82, 2.24) is 29.3 Å². The summed E-state index contributed by atoms with van der Waals surface area (Å²) in [5.74, 6) is 0.598. The monoisotopic (exact) mass is 499 g/mol. The maximum absolute atomic E-state index is 15.0. The minimum absolute atomic E-state index is 0.110. The molecule has 2 N–H and O–H groups in total. The summed E-state index contributed by atoms with van der Waals surface area (Å²) in [6.07, 6.45) is 1.30. The van der Waals surface area contributed by atoms with Crippen LogP contribution in [-0.4, -0.2) is 47.6 Å². The lowest BCUT2D eigenvalue weighted by Crippen LogP contribution is -2.35. The highest BCUT2D eigenvalue weighted by Gasteiger charge is 2.30. The molecular weight excluding hydrogens is 473 g/mol. The zero-order chi connectivity index (χ0) is 24.9. The summed E-state index contributed by atoms with van der Waals surface area (Å²) in [6.45, 7) is 6.92. The molecule has 0 unspecified atom stereocenters. The number of ether oxygens (including phenoxy) is 1. The van der Waals surface area contributed by atoms with Gasteiger partial charge in [-0.3, -0.25) is 4.68 Å². The van der Waals surface area contributed by atoms with Crippen molar-refractivity contribution in [2.24, 2.45) is 0 Å². The van der Waals surface area contributed by atoms with Crippen LogP contribution in [0.2, 0.25) is 5.02 Å². The number of aliphatic hydroxyl groups excluding tert-OH is 1. The molecule has 11 heteroatoms. The summed E-state index contributed by atoms with van der Waals surface area (Å²) in [5.41, 5.74) is 3.40. The first-order valence-electron chi connectivity index (χ1n) is 11.5. The number of nitrogens with one attached hydrogen (secondary N) is 1. The van der Waals surface area contributed by atoms with E-state index in [1.807, 2.05) is 37.5 Å². The lowest BCUT2D eigenvalue weighted by Gasteiger charge is -2.29. The molecule has 5 rings (SSSR count). The minimum atomic E-state index is -0.804. The second-order valence-electron chi connectivity index (χ2n) is 9.04. The van der Waals surface area contributed by atoms with Crippen LogP contribution in [0.25, 0.3) is 22.3 Å². The van der Waals surface area contributed by atoms with Crippen LogP contribution in [-0.2, 0) is 17.9 Å². The van der Waals surface area contributed by atoms with Crippen molar-refractivity contribution in [3.05, 3.63) is 52.4 Å². The van der Waals surface area contributed by atoms with Gasteiger partial charge in [-0.25, -0.2) is 19.3 Å². The van der Waals surface area contributed by atoms with Gasteiger partial charge in [0.25, 0.3) is 0 Å². The van der Waals surface area contributed by atoms with Gasteiger partial charge < -0.3 is 19.7 Å². The zero-order valence-electron chi connectivity index (χ0n) is 20.0. The van der Waals surface area contributed by atoms with E-state index in [2.05, 4.69) is 25.4 Å². The molecule has 4 aromatic rings. The lowest BCUT2D eigenvalue weighted by atomic mass is 10.0. The fourth-order valence-corrected chi connectivity index (χ4v) is 4.96. The summed E-state index contributed by atoms with van der Waals surface area (Å²) < 4.78 is 23.9. The Balaban J connectivity index is 1.47. The van der Waals surface area contributed by atoms with Gasteiger partial charge in [0.05, 0.1) is 46.5 Å². The Morgan fingerprint density at radius 3 is 2.83 bits per heavy atom. The van der Waals surface area contributed by atoms with Crippen molar-refractivity contribution in [3.63, 3.8) is 0 Å². The number of nitrogens with zero attached hydrogens (tertiary/aromatic N) is 6. The van der Waals surface area contributed by atoms with Crippen molar-refractivity contribution >= 4 is 28.6 Å². The molecule has 4 heterocycles. The quantitative estimate of drug-likeness (QED) is 0.404. The number of halogens is 2. The molecule has 0 saturated carbocycles. The van der Waals surface area contributed by atoms with Gasteiger partial charge in [-0.15, -0.1) is 0 Å². The minimum Gasteiger partial charge on any atom is -0.385 e. The van der Waals surface area contributed by atoms with E-state index in [1.165, 1.54) is 12.3 Å². The molecular formula is C24H27ClFN7O2. The number of aromatic nitrogens is 6. The van der Waals surface area contributed by atoms with Gasteiger partial charge in [-0.05, 0) is 45.4 Å². The first-order chi connectivity index (χ1) is 16.8. The Hall–Kier alpha value is -3.08. The van der Waals surface area contributed by atoms with Crippen LogP contribution >= 0.6 is 11.6 Å². The molecule has 0 spiro atoms. The number of benzene rings is 1. The molecule has 184 valence electrons.